The van der Waals surface area contributed by atoms with Crippen LogP contribution in [0.3, 0.4) is 0 Å². The van der Waals surface area contributed by atoms with Gasteiger partial charge >= 0.3 is 12.4 Å². The van der Waals surface area contributed by atoms with Gasteiger partial charge in [-0.1, -0.05) is 0 Å². The summed E-state index contributed by atoms with van der Waals surface area (Å²) in [6.07, 6.45) is -1.84. The van der Waals surface area contributed by atoms with E-state index in [0.717, 1.165) is 37.8 Å². The highest BCUT2D eigenvalue weighted by Gasteiger charge is 2.31. The Morgan fingerprint density at radius 1 is 0.903 bits per heavy atom. The molecule has 2 aromatic rings. The summed E-state index contributed by atoms with van der Waals surface area (Å²) in [5, 5.41) is 5.45. The van der Waals surface area contributed by atoms with Crippen molar-refractivity contribution >= 4 is 17.6 Å². The fraction of sp³-hybridized carbons (Fsp3) is 0.333. The maximum atomic E-state index is 12.2. The van der Waals surface area contributed by atoms with Gasteiger partial charge in [-0.25, -0.2) is 4.79 Å². The van der Waals surface area contributed by atoms with Crippen LogP contribution in [0, 0.1) is 0 Å². The molecule has 10 heteroatoms. The molecule has 0 heterocycles. The molecular formula is C21H22F3N3O4. The first-order valence-corrected chi connectivity index (χ1v) is 9.68. The summed E-state index contributed by atoms with van der Waals surface area (Å²) < 4.78 is 46.2. The monoisotopic (exact) mass is 437 g/mol. The Bertz CT molecular complexity index is 894. The number of rotatable bonds is 6. The molecule has 4 N–H and O–H groups in total. The molecule has 0 bridgehead atoms. The number of ether oxygens (including phenoxy) is 2. The van der Waals surface area contributed by atoms with Gasteiger partial charge in [-0.15, -0.1) is 13.2 Å². The maximum absolute atomic E-state index is 12.2. The molecule has 31 heavy (non-hydrogen) atoms. The third kappa shape index (κ3) is 7.09. The first-order valence-electron chi connectivity index (χ1n) is 9.68. The predicted octanol–water partition coefficient (Wildman–Crippen LogP) is 4.20. The highest BCUT2D eigenvalue weighted by molar-refractivity contribution is 5.92. The van der Waals surface area contributed by atoms with Crippen LogP contribution in [0.4, 0.5) is 23.7 Å². The number of hydrogen-bond donors (Lipinski definition) is 3. The van der Waals surface area contributed by atoms with Gasteiger partial charge in [0.2, 0.25) is 5.91 Å². The minimum Gasteiger partial charge on any atom is -0.490 e. The zero-order valence-electron chi connectivity index (χ0n) is 16.4. The van der Waals surface area contributed by atoms with Crippen molar-refractivity contribution in [1.29, 1.82) is 0 Å². The number of primary amides is 1. The Morgan fingerprint density at radius 2 is 1.48 bits per heavy atom. The van der Waals surface area contributed by atoms with Crippen molar-refractivity contribution in [2.24, 2.45) is 5.73 Å². The summed E-state index contributed by atoms with van der Waals surface area (Å²) >= 11 is 0. The number of alkyl halides is 3. The second-order valence-corrected chi connectivity index (χ2v) is 7.15. The molecule has 1 saturated carbocycles. The third-order valence-electron chi connectivity index (χ3n) is 4.80. The molecule has 3 rings (SSSR count). The fourth-order valence-electron chi connectivity index (χ4n) is 3.31. The normalized spacial score (nSPS) is 18.7. The van der Waals surface area contributed by atoms with Crippen LogP contribution < -0.4 is 25.8 Å². The minimum absolute atomic E-state index is 0.00159. The van der Waals surface area contributed by atoms with Crippen molar-refractivity contribution in [3.8, 4) is 11.5 Å². The maximum Gasteiger partial charge on any atom is 0.573 e. The van der Waals surface area contributed by atoms with E-state index in [1.54, 1.807) is 24.3 Å². The smallest absolute Gasteiger partial charge is 0.490 e. The summed E-state index contributed by atoms with van der Waals surface area (Å²) in [5.41, 5.74) is 5.98. The van der Waals surface area contributed by atoms with Crippen LogP contribution in [0.2, 0.25) is 0 Å². The Kier molecular flexibility index (Phi) is 6.88. The van der Waals surface area contributed by atoms with Crippen LogP contribution in [-0.4, -0.2) is 30.4 Å². The Balaban J connectivity index is 1.41. The second-order valence-electron chi connectivity index (χ2n) is 7.15. The van der Waals surface area contributed by atoms with Gasteiger partial charge in [-0.3, -0.25) is 4.79 Å². The van der Waals surface area contributed by atoms with E-state index in [1.165, 1.54) is 12.1 Å². The van der Waals surface area contributed by atoms with Gasteiger partial charge in [-0.05, 0) is 74.2 Å². The topological polar surface area (TPSA) is 103 Å². The van der Waals surface area contributed by atoms with E-state index in [0.29, 0.717) is 17.0 Å². The van der Waals surface area contributed by atoms with Gasteiger partial charge in [0, 0.05) is 17.3 Å². The van der Waals surface area contributed by atoms with Crippen LogP contribution in [0.5, 0.6) is 11.5 Å². The molecule has 0 aromatic heterocycles. The molecule has 0 unspecified atom stereocenters. The number of hydrogen-bond acceptors (Lipinski definition) is 4. The summed E-state index contributed by atoms with van der Waals surface area (Å²) in [6, 6.07) is 11.0. The van der Waals surface area contributed by atoms with Gasteiger partial charge < -0.3 is 25.8 Å². The average Bonchev–Trinajstić information content (AvgIpc) is 2.70. The Hall–Kier alpha value is -3.43. The largest absolute Gasteiger partial charge is 0.573 e. The lowest BCUT2D eigenvalue weighted by atomic mass is 9.93. The molecule has 1 aliphatic rings. The molecule has 1 aliphatic carbocycles. The van der Waals surface area contributed by atoms with Crippen LogP contribution >= 0.6 is 0 Å². The van der Waals surface area contributed by atoms with E-state index in [4.69, 9.17) is 10.5 Å². The van der Waals surface area contributed by atoms with E-state index in [9.17, 15) is 22.8 Å². The first kappa shape index (κ1) is 22.3. The lowest BCUT2D eigenvalue weighted by Crippen LogP contribution is -2.41. The van der Waals surface area contributed by atoms with E-state index in [1.807, 2.05) is 0 Å². The molecule has 1 fully saturated rings. The minimum atomic E-state index is -4.76. The van der Waals surface area contributed by atoms with Crippen LogP contribution in [0.25, 0.3) is 0 Å². The number of anilines is 1. The summed E-state index contributed by atoms with van der Waals surface area (Å²) in [4.78, 5) is 23.3. The van der Waals surface area contributed by atoms with Crippen LogP contribution in [0.15, 0.2) is 48.5 Å². The SMILES string of the molecule is NC(=O)c1ccc(O[C@H]2CC[C@H](NC(=O)Nc3ccc(OC(F)(F)F)cc3)CC2)cc1. The molecule has 0 atom stereocenters. The predicted molar refractivity (Wildman–Crippen MR) is 107 cm³/mol. The van der Waals surface area contributed by atoms with Crippen molar-refractivity contribution < 1.29 is 32.2 Å². The van der Waals surface area contributed by atoms with Crippen molar-refractivity contribution in [3.05, 3.63) is 54.1 Å². The number of nitrogens with two attached hydrogens (primary N) is 1. The zero-order valence-corrected chi connectivity index (χ0v) is 16.4. The Labute approximate surface area is 176 Å². The lowest BCUT2D eigenvalue weighted by Gasteiger charge is -2.29. The zero-order chi connectivity index (χ0) is 22.4. The average molecular weight is 437 g/mol. The number of amides is 3. The quantitative estimate of drug-likeness (QED) is 0.630. The molecule has 2 aromatic carbocycles. The number of halogens is 3. The van der Waals surface area contributed by atoms with Crippen LogP contribution in [-0.2, 0) is 0 Å². The van der Waals surface area contributed by atoms with Crippen LogP contribution in [0.1, 0.15) is 36.0 Å². The van der Waals surface area contributed by atoms with E-state index in [2.05, 4.69) is 15.4 Å². The molecule has 0 aliphatic heterocycles. The van der Waals surface area contributed by atoms with E-state index in [-0.39, 0.29) is 17.9 Å². The summed E-state index contributed by atoms with van der Waals surface area (Å²) in [6.45, 7) is 0. The fourth-order valence-corrected chi connectivity index (χ4v) is 3.31. The molecule has 7 nitrogen and oxygen atoms in total. The van der Waals surface area contributed by atoms with Gasteiger partial charge in [0.05, 0.1) is 6.10 Å². The standard InChI is InChI=1S/C21H22F3N3O4/c22-21(23,24)31-18-11-5-15(6-12-18)27-20(29)26-14-3-9-17(10-4-14)30-16-7-1-13(2-8-16)19(25)28/h1-2,5-8,11-12,14,17H,3-4,9-10H2,(H2,25,28)(H2,26,27,29)/t14-,17-. The van der Waals surface area contributed by atoms with Crippen molar-refractivity contribution in [1.82, 2.24) is 5.32 Å². The molecule has 166 valence electrons. The van der Waals surface area contributed by atoms with Crippen molar-refractivity contribution in [2.45, 2.75) is 44.2 Å². The number of benzene rings is 2. The lowest BCUT2D eigenvalue weighted by molar-refractivity contribution is -0.274. The molecule has 0 spiro atoms. The molecular weight excluding hydrogens is 415 g/mol. The van der Waals surface area contributed by atoms with E-state index < -0.39 is 18.3 Å². The van der Waals surface area contributed by atoms with E-state index >= 15 is 0 Å². The summed E-state index contributed by atoms with van der Waals surface area (Å²) in [5.74, 6) is -0.208. The highest BCUT2D eigenvalue weighted by atomic mass is 19.4. The summed E-state index contributed by atoms with van der Waals surface area (Å²) in [7, 11) is 0. The highest BCUT2D eigenvalue weighted by Crippen LogP contribution is 2.25. The Morgan fingerprint density at radius 3 is 2.03 bits per heavy atom. The molecule has 3 amide bonds. The first-order chi connectivity index (χ1) is 14.7. The molecule has 0 saturated heterocycles. The van der Waals surface area contributed by atoms with Gasteiger partial charge in [0.15, 0.2) is 0 Å². The number of nitrogens with one attached hydrogen (secondary N) is 2. The second kappa shape index (κ2) is 9.59. The number of carbonyl (C=O) groups excluding carboxylic acids is 2. The van der Waals surface area contributed by atoms with Gasteiger partial charge in [0.25, 0.3) is 0 Å². The molecule has 0 radical (unpaired) electrons. The van der Waals surface area contributed by atoms with Gasteiger partial charge in [0.1, 0.15) is 11.5 Å². The van der Waals surface area contributed by atoms with Crippen molar-refractivity contribution in [3.63, 3.8) is 0 Å². The van der Waals surface area contributed by atoms with Crippen molar-refractivity contribution in [2.75, 3.05) is 5.32 Å². The third-order valence-corrected chi connectivity index (χ3v) is 4.80. The van der Waals surface area contributed by atoms with Gasteiger partial charge in [-0.2, -0.15) is 0 Å². The number of urea groups is 1. The number of carbonyl (C=O) groups is 2.